The molecule has 5 rings (SSSR count). The van der Waals surface area contributed by atoms with E-state index >= 15 is 4.39 Å². The molecule has 4 aromatic rings. The third-order valence-corrected chi connectivity index (χ3v) is 8.36. The van der Waals surface area contributed by atoms with Crippen LogP contribution in [0.5, 0.6) is 5.88 Å². The van der Waals surface area contributed by atoms with E-state index in [0.29, 0.717) is 22.7 Å². The Balaban J connectivity index is 1.47. The van der Waals surface area contributed by atoms with Crippen molar-refractivity contribution in [1.82, 2.24) is 19.9 Å². The molecule has 3 atom stereocenters. The van der Waals surface area contributed by atoms with Crippen LogP contribution >= 0.6 is 11.8 Å². The fourth-order valence-electron chi connectivity index (χ4n) is 4.61. The number of alkyl halides is 2. The molecule has 210 valence electrons. The zero-order chi connectivity index (χ0) is 28.8. The molecule has 4 heterocycles. The summed E-state index contributed by atoms with van der Waals surface area (Å²) in [6.45, 7) is 6.15. The SMILES string of the molecule is Cc1cnc(COc2cnc3c(Nc4cc(F)c(F)c([C@@]5(C)N=C(N)S[C@](C)(C(F)F)C5C)c4)nccc3n2)o1. The number of rotatable bonds is 7. The highest BCUT2D eigenvalue weighted by Crippen LogP contribution is 2.53. The van der Waals surface area contributed by atoms with E-state index < -0.39 is 34.3 Å². The van der Waals surface area contributed by atoms with Gasteiger partial charge in [0, 0.05) is 29.4 Å². The lowest BCUT2D eigenvalue weighted by Gasteiger charge is -2.46. The molecule has 0 saturated carbocycles. The predicted molar refractivity (Wildman–Crippen MR) is 143 cm³/mol. The van der Waals surface area contributed by atoms with Crippen LogP contribution < -0.4 is 15.8 Å². The Labute approximate surface area is 230 Å². The molecule has 0 aliphatic carbocycles. The van der Waals surface area contributed by atoms with E-state index in [1.54, 1.807) is 19.2 Å². The molecule has 9 nitrogen and oxygen atoms in total. The quantitative estimate of drug-likeness (QED) is 0.261. The molecule has 0 radical (unpaired) electrons. The first kappa shape index (κ1) is 27.6. The fraction of sp³-hybridized carbons (Fsp3) is 0.346. The number of anilines is 2. The first-order valence-electron chi connectivity index (χ1n) is 12.2. The number of nitrogens with two attached hydrogens (primary N) is 1. The number of hydrogen-bond acceptors (Lipinski definition) is 10. The number of amidine groups is 1. The fourth-order valence-corrected chi connectivity index (χ4v) is 5.79. The van der Waals surface area contributed by atoms with Gasteiger partial charge in [-0.2, -0.15) is 0 Å². The van der Waals surface area contributed by atoms with Crippen LogP contribution in [0, 0.1) is 24.5 Å². The average Bonchev–Trinajstić information content (AvgIpc) is 3.32. The first-order valence-corrected chi connectivity index (χ1v) is 13.0. The lowest BCUT2D eigenvalue weighted by molar-refractivity contribution is 0.0571. The summed E-state index contributed by atoms with van der Waals surface area (Å²) in [4.78, 5) is 21.4. The summed E-state index contributed by atoms with van der Waals surface area (Å²) in [5.74, 6) is -1.86. The molecule has 40 heavy (non-hydrogen) atoms. The summed E-state index contributed by atoms with van der Waals surface area (Å²) in [5, 5.41) is 2.81. The largest absolute Gasteiger partial charge is 0.467 e. The van der Waals surface area contributed by atoms with E-state index in [0.717, 1.165) is 17.8 Å². The highest BCUT2D eigenvalue weighted by molar-refractivity contribution is 8.15. The predicted octanol–water partition coefficient (Wildman–Crippen LogP) is 5.86. The van der Waals surface area contributed by atoms with Gasteiger partial charge in [0.25, 0.3) is 6.43 Å². The van der Waals surface area contributed by atoms with Crippen LogP contribution in [0.1, 0.15) is 38.0 Å². The molecule has 3 N–H and O–H groups in total. The van der Waals surface area contributed by atoms with E-state index in [9.17, 15) is 13.2 Å². The van der Waals surface area contributed by atoms with Crippen LogP contribution in [-0.4, -0.2) is 36.3 Å². The molecule has 0 bridgehead atoms. The van der Waals surface area contributed by atoms with Crippen molar-refractivity contribution in [3.8, 4) is 5.88 Å². The molecule has 1 unspecified atom stereocenters. The van der Waals surface area contributed by atoms with Crippen molar-refractivity contribution in [3.63, 3.8) is 0 Å². The number of oxazole rings is 1. The molecule has 1 aromatic carbocycles. The first-order chi connectivity index (χ1) is 18.9. The summed E-state index contributed by atoms with van der Waals surface area (Å²) < 4.78 is 67.6. The molecule has 0 amide bonds. The van der Waals surface area contributed by atoms with Gasteiger partial charge in [-0.15, -0.1) is 0 Å². The summed E-state index contributed by atoms with van der Waals surface area (Å²) in [6.07, 6.45) is 1.63. The Hall–Kier alpha value is -3.94. The Morgan fingerprint density at radius 2 is 1.95 bits per heavy atom. The van der Waals surface area contributed by atoms with Crippen LogP contribution in [0.2, 0.25) is 0 Å². The molecular weight excluding hydrogens is 550 g/mol. The van der Waals surface area contributed by atoms with Gasteiger partial charge in [-0.05, 0) is 32.9 Å². The van der Waals surface area contributed by atoms with Gasteiger partial charge < -0.3 is 20.2 Å². The summed E-state index contributed by atoms with van der Waals surface area (Å²) in [7, 11) is 0. The third-order valence-electron chi connectivity index (χ3n) is 7.09. The Morgan fingerprint density at radius 3 is 2.65 bits per heavy atom. The van der Waals surface area contributed by atoms with Crippen molar-refractivity contribution in [3.05, 3.63) is 65.6 Å². The molecule has 0 spiro atoms. The van der Waals surface area contributed by atoms with Gasteiger partial charge in [-0.25, -0.2) is 37.5 Å². The molecular formula is C26H25F4N7O2S. The molecule has 0 fully saturated rings. The standard InChI is InChI=1S/C26H25F4N7O2S/c1-12-9-33-19(39-12)11-38-18-10-34-21-17(36-18)5-6-32-22(21)35-14-7-15(20(28)16(27)8-14)25(3)13(2)26(4,23(29)30)40-24(31)37-25/h5-10,13,23H,11H2,1-4H3,(H2,31,37)(H,32,35)/t13?,25-,26-/m0/s1. The number of hydrogen-bond donors (Lipinski definition) is 2. The highest BCUT2D eigenvalue weighted by Gasteiger charge is 2.54. The van der Waals surface area contributed by atoms with Crippen LogP contribution in [0.3, 0.4) is 0 Å². The molecule has 0 saturated heterocycles. The van der Waals surface area contributed by atoms with Crippen molar-refractivity contribution < 1.29 is 26.7 Å². The lowest BCUT2D eigenvalue weighted by Crippen LogP contribution is -2.52. The van der Waals surface area contributed by atoms with E-state index in [4.69, 9.17) is 14.9 Å². The average molecular weight is 576 g/mol. The van der Waals surface area contributed by atoms with Crippen molar-refractivity contribution in [2.75, 3.05) is 5.32 Å². The number of fused-ring (bicyclic) bond motifs is 1. The molecule has 3 aromatic heterocycles. The maximum Gasteiger partial charge on any atom is 0.253 e. The molecule has 1 aliphatic rings. The molecule has 1 aliphatic heterocycles. The summed E-state index contributed by atoms with van der Waals surface area (Å²) in [5.41, 5.74) is 4.95. The number of aryl methyl sites for hydroxylation is 1. The van der Waals surface area contributed by atoms with Crippen molar-refractivity contribution in [2.45, 2.75) is 51.0 Å². The number of thioether (sulfide) groups is 1. The van der Waals surface area contributed by atoms with Gasteiger partial charge in [0.05, 0.1) is 28.2 Å². The minimum Gasteiger partial charge on any atom is -0.467 e. The number of nitrogens with zero attached hydrogens (tertiary/aromatic N) is 5. The van der Waals surface area contributed by atoms with Gasteiger partial charge in [-0.3, -0.25) is 4.99 Å². The third kappa shape index (κ3) is 4.91. The van der Waals surface area contributed by atoms with E-state index in [2.05, 4.69) is 30.2 Å². The number of aliphatic imine (C=N–C) groups is 1. The van der Waals surface area contributed by atoms with Crippen LogP contribution in [0.25, 0.3) is 11.0 Å². The zero-order valence-corrected chi connectivity index (χ0v) is 22.7. The lowest BCUT2D eigenvalue weighted by atomic mass is 9.73. The smallest absolute Gasteiger partial charge is 0.253 e. The van der Waals surface area contributed by atoms with Crippen molar-refractivity contribution in [1.29, 1.82) is 0 Å². The van der Waals surface area contributed by atoms with Gasteiger partial charge >= 0.3 is 0 Å². The van der Waals surface area contributed by atoms with Crippen LogP contribution in [-0.2, 0) is 12.1 Å². The summed E-state index contributed by atoms with van der Waals surface area (Å²) in [6, 6.07) is 3.86. The minimum absolute atomic E-state index is 0.0507. The number of benzene rings is 1. The number of nitrogens with one attached hydrogen (secondary N) is 1. The van der Waals surface area contributed by atoms with Crippen LogP contribution in [0.15, 0.2) is 46.2 Å². The van der Waals surface area contributed by atoms with Gasteiger partial charge in [-0.1, -0.05) is 18.7 Å². The normalized spacial score (nSPS) is 22.9. The highest BCUT2D eigenvalue weighted by atomic mass is 32.2. The van der Waals surface area contributed by atoms with Crippen molar-refractivity contribution in [2.24, 2.45) is 16.6 Å². The van der Waals surface area contributed by atoms with Gasteiger partial charge in [0.1, 0.15) is 11.3 Å². The number of aromatic nitrogens is 4. The van der Waals surface area contributed by atoms with Crippen LogP contribution in [0.4, 0.5) is 29.1 Å². The van der Waals surface area contributed by atoms with Gasteiger partial charge in [0.15, 0.2) is 29.2 Å². The Kier molecular flexibility index (Phi) is 7.06. The maximum atomic E-state index is 15.2. The second-order valence-corrected chi connectivity index (χ2v) is 11.2. The number of ether oxygens (including phenoxy) is 1. The number of halogens is 4. The number of pyridine rings is 1. The summed E-state index contributed by atoms with van der Waals surface area (Å²) >= 11 is 0.726. The van der Waals surface area contributed by atoms with E-state index in [1.807, 2.05) is 0 Å². The maximum absolute atomic E-state index is 15.2. The van der Waals surface area contributed by atoms with E-state index in [-0.39, 0.29) is 34.7 Å². The zero-order valence-electron chi connectivity index (χ0n) is 21.9. The second kappa shape index (κ2) is 10.2. The minimum atomic E-state index is -2.79. The van der Waals surface area contributed by atoms with Gasteiger partial charge in [0.2, 0.25) is 11.8 Å². The van der Waals surface area contributed by atoms with E-state index in [1.165, 1.54) is 39.2 Å². The Morgan fingerprint density at radius 1 is 1.18 bits per heavy atom. The molecule has 14 heteroatoms. The topological polar surface area (TPSA) is 124 Å². The monoisotopic (exact) mass is 575 g/mol. The Bertz CT molecular complexity index is 1620. The van der Waals surface area contributed by atoms with Crippen molar-refractivity contribution >= 4 is 39.5 Å². The second-order valence-electron chi connectivity index (χ2n) is 9.74.